The number of nitrogens with zero attached hydrogens (tertiary/aromatic N) is 1. The molecular formula is C21H24N2O7S. The molecule has 0 aliphatic carbocycles. The minimum absolute atomic E-state index is 0.306. The number of carbonyl (C=O) groups excluding carboxylic acids is 1. The quantitative estimate of drug-likeness (QED) is 0.376. The summed E-state index contributed by atoms with van der Waals surface area (Å²) in [6, 6.07) is 13.7. The number of anilines is 2. The first-order chi connectivity index (χ1) is 14.7. The van der Waals surface area contributed by atoms with E-state index in [9.17, 15) is 4.79 Å². The molecule has 10 heteroatoms. The molecule has 9 nitrogen and oxygen atoms in total. The topological polar surface area (TPSA) is 135 Å². The lowest BCUT2D eigenvalue weighted by Gasteiger charge is -2.17. The SMILES string of the molecule is CCOC(=O)c1cnc2c(OC)cccc2c1Nc1ccccc1CC.O=S(=O)(O)O. The van der Waals surface area contributed by atoms with Gasteiger partial charge in [-0.3, -0.25) is 14.1 Å². The Kier molecular flexibility index (Phi) is 8.31. The van der Waals surface area contributed by atoms with Gasteiger partial charge in [-0.25, -0.2) is 4.79 Å². The maximum atomic E-state index is 12.5. The van der Waals surface area contributed by atoms with Crippen LogP contribution in [0.4, 0.5) is 11.4 Å². The molecule has 0 aliphatic rings. The molecule has 0 bridgehead atoms. The average molecular weight is 448 g/mol. The number of pyridine rings is 1. The molecule has 0 amide bonds. The zero-order valence-corrected chi connectivity index (χ0v) is 18.1. The Balaban J connectivity index is 0.000000614. The number of hydrogen-bond acceptors (Lipinski definition) is 7. The van der Waals surface area contributed by atoms with Crippen molar-refractivity contribution in [3.05, 3.63) is 59.8 Å². The smallest absolute Gasteiger partial charge is 0.394 e. The fourth-order valence-corrected chi connectivity index (χ4v) is 2.94. The molecule has 0 aliphatic heterocycles. The monoisotopic (exact) mass is 448 g/mol. The highest BCUT2D eigenvalue weighted by Gasteiger charge is 2.19. The van der Waals surface area contributed by atoms with Crippen LogP contribution in [0.3, 0.4) is 0 Å². The van der Waals surface area contributed by atoms with E-state index < -0.39 is 16.4 Å². The summed E-state index contributed by atoms with van der Waals surface area (Å²) in [7, 11) is -3.06. The number of benzene rings is 2. The summed E-state index contributed by atoms with van der Waals surface area (Å²) < 4.78 is 42.2. The molecule has 31 heavy (non-hydrogen) atoms. The Bertz CT molecular complexity index is 1160. The van der Waals surface area contributed by atoms with Gasteiger partial charge in [0.25, 0.3) is 0 Å². The zero-order valence-electron chi connectivity index (χ0n) is 17.3. The number of esters is 1. The second kappa shape index (κ2) is 10.7. The van der Waals surface area contributed by atoms with Gasteiger partial charge >= 0.3 is 16.4 Å². The summed E-state index contributed by atoms with van der Waals surface area (Å²) in [6.07, 6.45) is 2.42. The number of nitrogens with one attached hydrogen (secondary N) is 1. The number of hydrogen-bond donors (Lipinski definition) is 3. The molecule has 0 unspecified atom stereocenters. The fraction of sp³-hybridized carbons (Fsp3) is 0.238. The van der Waals surface area contributed by atoms with Crippen molar-refractivity contribution in [2.24, 2.45) is 0 Å². The molecule has 1 aromatic heterocycles. The van der Waals surface area contributed by atoms with E-state index in [0.29, 0.717) is 29.1 Å². The lowest BCUT2D eigenvalue weighted by atomic mass is 10.1. The maximum absolute atomic E-state index is 12.5. The van der Waals surface area contributed by atoms with Gasteiger partial charge < -0.3 is 14.8 Å². The Labute approximate surface area is 180 Å². The van der Waals surface area contributed by atoms with Crippen LogP contribution in [0.2, 0.25) is 0 Å². The summed E-state index contributed by atoms with van der Waals surface area (Å²) in [4.78, 5) is 16.9. The van der Waals surface area contributed by atoms with Crippen LogP contribution < -0.4 is 10.1 Å². The summed E-state index contributed by atoms with van der Waals surface area (Å²) in [5.74, 6) is 0.255. The number of fused-ring (bicyclic) bond motifs is 1. The molecule has 0 spiro atoms. The molecular weight excluding hydrogens is 424 g/mol. The van der Waals surface area contributed by atoms with Crippen LogP contribution in [0, 0.1) is 0 Å². The Morgan fingerprint density at radius 3 is 2.39 bits per heavy atom. The molecule has 3 N–H and O–H groups in total. The summed E-state index contributed by atoms with van der Waals surface area (Å²) >= 11 is 0. The van der Waals surface area contributed by atoms with E-state index >= 15 is 0 Å². The Hall–Kier alpha value is -3.21. The van der Waals surface area contributed by atoms with E-state index in [2.05, 4.69) is 23.3 Å². The van der Waals surface area contributed by atoms with Crippen LogP contribution in [0.15, 0.2) is 48.7 Å². The third-order valence-corrected chi connectivity index (χ3v) is 4.23. The van der Waals surface area contributed by atoms with Gasteiger partial charge in [0, 0.05) is 17.3 Å². The van der Waals surface area contributed by atoms with Crippen LogP contribution in [0.5, 0.6) is 5.75 Å². The highest BCUT2D eigenvalue weighted by atomic mass is 32.3. The van der Waals surface area contributed by atoms with Crippen molar-refractivity contribution in [1.82, 2.24) is 4.98 Å². The lowest BCUT2D eigenvalue weighted by Crippen LogP contribution is -2.10. The van der Waals surface area contributed by atoms with Crippen molar-refractivity contribution in [3.8, 4) is 5.75 Å². The van der Waals surface area contributed by atoms with Crippen molar-refractivity contribution < 1.29 is 31.8 Å². The first kappa shape index (κ1) is 24.1. The number of carbonyl (C=O) groups is 1. The molecule has 0 atom stereocenters. The molecule has 2 aromatic carbocycles. The molecule has 0 radical (unpaired) electrons. The van der Waals surface area contributed by atoms with Crippen LogP contribution in [0.1, 0.15) is 29.8 Å². The molecule has 1 heterocycles. The number of ether oxygens (including phenoxy) is 2. The molecule has 0 saturated heterocycles. The first-order valence-corrected chi connectivity index (χ1v) is 10.8. The van der Waals surface area contributed by atoms with Gasteiger partial charge in [0.1, 0.15) is 16.8 Å². The van der Waals surface area contributed by atoms with Crippen LogP contribution in [-0.4, -0.2) is 42.2 Å². The minimum atomic E-state index is -4.67. The van der Waals surface area contributed by atoms with Gasteiger partial charge in [-0.05, 0) is 31.0 Å². The Morgan fingerprint density at radius 1 is 1.10 bits per heavy atom. The average Bonchev–Trinajstić information content (AvgIpc) is 2.72. The molecule has 3 aromatic rings. The first-order valence-electron chi connectivity index (χ1n) is 9.37. The van der Waals surface area contributed by atoms with Crippen LogP contribution >= 0.6 is 0 Å². The van der Waals surface area contributed by atoms with Crippen molar-refractivity contribution in [2.45, 2.75) is 20.3 Å². The van der Waals surface area contributed by atoms with Gasteiger partial charge in [-0.15, -0.1) is 0 Å². The highest BCUT2D eigenvalue weighted by Crippen LogP contribution is 2.34. The van der Waals surface area contributed by atoms with Gasteiger partial charge in [-0.1, -0.05) is 37.3 Å². The summed E-state index contributed by atoms with van der Waals surface area (Å²) in [5, 5.41) is 4.24. The predicted octanol–water partition coefficient (Wildman–Crippen LogP) is 4.07. The third kappa shape index (κ3) is 6.64. The highest BCUT2D eigenvalue weighted by molar-refractivity contribution is 7.79. The molecule has 3 rings (SSSR count). The summed E-state index contributed by atoms with van der Waals surface area (Å²) in [6.45, 7) is 4.19. The van der Waals surface area contributed by atoms with Crippen LogP contribution in [-0.2, 0) is 21.6 Å². The normalized spacial score (nSPS) is 10.7. The minimum Gasteiger partial charge on any atom is -0.494 e. The van der Waals surface area contributed by atoms with Crippen molar-refractivity contribution >= 4 is 38.6 Å². The second-order valence-corrected chi connectivity index (χ2v) is 7.10. The van der Waals surface area contributed by atoms with E-state index in [-0.39, 0.29) is 0 Å². The van der Waals surface area contributed by atoms with Crippen molar-refractivity contribution in [3.63, 3.8) is 0 Å². The standard InChI is InChI=1S/C21H22N2O3.H2O4S/c1-4-14-9-6-7-11-17(14)23-19-15-10-8-12-18(25-3)20(15)22-13-16(19)21(24)26-5-2;1-5(2,3)4/h6-13H,4-5H2,1-3H3,(H,22,23);(H2,1,2,3,4). The van der Waals surface area contributed by atoms with E-state index in [1.165, 1.54) is 0 Å². The predicted molar refractivity (Wildman–Crippen MR) is 118 cm³/mol. The lowest BCUT2D eigenvalue weighted by molar-refractivity contribution is 0.0527. The zero-order chi connectivity index (χ0) is 23.0. The molecule has 0 fully saturated rings. The van der Waals surface area contributed by atoms with E-state index in [4.69, 9.17) is 27.0 Å². The van der Waals surface area contributed by atoms with Gasteiger partial charge in [0.15, 0.2) is 0 Å². The van der Waals surface area contributed by atoms with Crippen molar-refractivity contribution in [2.75, 3.05) is 19.0 Å². The molecule has 0 saturated carbocycles. The third-order valence-electron chi connectivity index (χ3n) is 4.23. The van der Waals surface area contributed by atoms with Crippen molar-refractivity contribution in [1.29, 1.82) is 0 Å². The summed E-state index contributed by atoms with van der Waals surface area (Å²) in [5.41, 5.74) is 3.89. The van der Waals surface area contributed by atoms with Crippen LogP contribution in [0.25, 0.3) is 10.9 Å². The number of rotatable bonds is 6. The number of para-hydroxylation sites is 2. The number of methoxy groups -OCH3 is 1. The van der Waals surface area contributed by atoms with E-state index in [1.54, 1.807) is 20.2 Å². The maximum Gasteiger partial charge on any atom is 0.394 e. The van der Waals surface area contributed by atoms with Gasteiger partial charge in [-0.2, -0.15) is 8.42 Å². The number of aromatic nitrogens is 1. The van der Waals surface area contributed by atoms with Gasteiger partial charge in [0.2, 0.25) is 0 Å². The van der Waals surface area contributed by atoms with Gasteiger partial charge in [0.05, 0.1) is 19.4 Å². The largest absolute Gasteiger partial charge is 0.494 e. The fourth-order valence-electron chi connectivity index (χ4n) is 2.94. The molecule has 166 valence electrons. The second-order valence-electron chi connectivity index (χ2n) is 6.21. The van der Waals surface area contributed by atoms with E-state index in [0.717, 1.165) is 23.1 Å². The van der Waals surface area contributed by atoms with E-state index in [1.807, 2.05) is 36.4 Å². The number of aryl methyl sites for hydroxylation is 1. The Morgan fingerprint density at radius 2 is 1.77 bits per heavy atom.